The van der Waals surface area contributed by atoms with E-state index in [4.69, 9.17) is 0 Å². The third-order valence-electron chi connectivity index (χ3n) is 3.13. The summed E-state index contributed by atoms with van der Waals surface area (Å²) in [7, 11) is 0. The Morgan fingerprint density at radius 3 is 2.00 bits per heavy atom. The highest BCUT2D eigenvalue weighted by Crippen LogP contribution is 2.29. The summed E-state index contributed by atoms with van der Waals surface area (Å²) in [5.41, 5.74) is 3.17. The number of hydrogen-bond acceptors (Lipinski definition) is 1. The van der Waals surface area contributed by atoms with Gasteiger partial charge in [-0.2, -0.15) is 0 Å². The van der Waals surface area contributed by atoms with Gasteiger partial charge in [0.05, 0.1) is 6.04 Å². The Labute approximate surface area is 109 Å². The molecule has 102 valence electrons. The SMILES string of the molecule is CC(C)c1ccc(NC(C)C(F)F)c(C(C)C)c1. The highest BCUT2D eigenvalue weighted by molar-refractivity contribution is 5.55. The van der Waals surface area contributed by atoms with Crippen molar-refractivity contribution >= 4 is 5.69 Å². The Hall–Kier alpha value is -1.12. The molecule has 1 atom stereocenters. The summed E-state index contributed by atoms with van der Waals surface area (Å²) in [6.45, 7) is 9.93. The third kappa shape index (κ3) is 3.69. The third-order valence-corrected chi connectivity index (χ3v) is 3.13. The molecule has 1 unspecified atom stereocenters. The average Bonchev–Trinajstić information content (AvgIpc) is 2.28. The van der Waals surface area contributed by atoms with Crippen molar-refractivity contribution in [2.45, 2.75) is 58.9 Å². The van der Waals surface area contributed by atoms with E-state index >= 15 is 0 Å². The molecule has 0 aliphatic rings. The van der Waals surface area contributed by atoms with Crippen molar-refractivity contribution in [3.63, 3.8) is 0 Å². The normalized spacial score (nSPS) is 13.4. The smallest absolute Gasteiger partial charge is 0.258 e. The molecule has 0 spiro atoms. The largest absolute Gasteiger partial charge is 0.377 e. The van der Waals surface area contributed by atoms with Crippen molar-refractivity contribution < 1.29 is 8.78 Å². The van der Waals surface area contributed by atoms with Crippen LogP contribution in [0.3, 0.4) is 0 Å². The van der Waals surface area contributed by atoms with Crippen LogP contribution in [0.15, 0.2) is 18.2 Å². The van der Waals surface area contributed by atoms with Gasteiger partial charge in [-0.15, -0.1) is 0 Å². The zero-order valence-corrected chi connectivity index (χ0v) is 11.8. The second-order valence-corrected chi connectivity index (χ2v) is 5.42. The first-order valence-corrected chi connectivity index (χ1v) is 6.51. The first-order chi connectivity index (χ1) is 8.32. The van der Waals surface area contributed by atoms with Gasteiger partial charge >= 0.3 is 0 Å². The van der Waals surface area contributed by atoms with Gasteiger partial charge in [0.25, 0.3) is 6.43 Å². The van der Waals surface area contributed by atoms with Gasteiger partial charge < -0.3 is 5.32 Å². The lowest BCUT2D eigenvalue weighted by molar-refractivity contribution is 0.130. The average molecular weight is 255 g/mol. The Bertz CT molecular complexity index is 386. The van der Waals surface area contributed by atoms with E-state index in [0.717, 1.165) is 11.3 Å². The molecule has 18 heavy (non-hydrogen) atoms. The minimum Gasteiger partial charge on any atom is -0.377 e. The highest BCUT2D eigenvalue weighted by Gasteiger charge is 2.17. The molecular formula is C15H23F2N. The van der Waals surface area contributed by atoms with E-state index in [0.29, 0.717) is 11.8 Å². The van der Waals surface area contributed by atoms with E-state index < -0.39 is 12.5 Å². The van der Waals surface area contributed by atoms with Crippen molar-refractivity contribution in [1.82, 2.24) is 0 Å². The lowest BCUT2D eigenvalue weighted by atomic mass is 9.94. The molecule has 0 saturated heterocycles. The zero-order chi connectivity index (χ0) is 13.9. The summed E-state index contributed by atoms with van der Waals surface area (Å²) in [5.74, 6) is 0.764. The number of anilines is 1. The van der Waals surface area contributed by atoms with Crippen molar-refractivity contribution in [3.05, 3.63) is 29.3 Å². The number of halogens is 2. The second-order valence-electron chi connectivity index (χ2n) is 5.42. The van der Waals surface area contributed by atoms with Crippen LogP contribution in [0.4, 0.5) is 14.5 Å². The Morgan fingerprint density at radius 2 is 1.56 bits per heavy atom. The molecule has 3 heteroatoms. The molecule has 1 N–H and O–H groups in total. The van der Waals surface area contributed by atoms with Gasteiger partial charge in [-0.25, -0.2) is 8.78 Å². The van der Waals surface area contributed by atoms with Gasteiger partial charge in [0, 0.05) is 5.69 Å². The monoisotopic (exact) mass is 255 g/mol. The van der Waals surface area contributed by atoms with Gasteiger partial charge in [0.2, 0.25) is 0 Å². The minimum absolute atomic E-state index is 0.316. The lowest BCUT2D eigenvalue weighted by Crippen LogP contribution is -2.24. The van der Waals surface area contributed by atoms with Crippen LogP contribution in [0.5, 0.6) is 0 Å². The number of benzene rings is 1. The van der Waals surface area contributed by atoms with Crippen LogP contribution in [0.2, 0.25) is 0 Å². The van der Waals surface area contributed by atoms with E-state index in [2.05, 4.69) is 39.1 Å². The van der Waals surface area contributed by atoms with Crippen LogP contribution in [-0.4, -0.2) is 12.5 Å². The minimum atomic E-state index is -2.35. The number of alkyl halides is 2. The van der Waals surface area contributed by atoms with Crippen LogP contribution in [0.25, 0.3) is 0 Å². The summed E-state index contributed by atoms with van der Waals surface area (Å²) in [6.07, 6.45) is -2.35. The molecule has 1 aromatic rings. The predicted molar refractivity (Wildman–Crippen MR) is 73.7 cm³/mol. The van der Waals surface area contributed by atoms with Crippen LogP contribution in [0.1, 0.15) is 57.6 Å². The van der Waals surface area contributed by atoms with E-state index in [1.165, 1.54) is 12.5 Å². The molecule has 0 bridgehead atoms. The molecule has 0 heterocycles. The number of rotatable bonds is 5. The van der Waals surface area contributed by atoms with E-state index in [1.807, 2.05) is 12.1 Å². The molecule has 0 amide bonds. The Morgan fingerprint density at radius 1 is 0.944 bits per heavy atom. The fourth-order valence-electron chi connectivity index (χ4n) is 1.86. The molecule has 1 rings (SSSR count). The zero-order valence-electron chi connectivity index (χ0n) is 11.8. The summed E-state index contributed by atoms with van der Waals surface area (Å²) in [4.78, 5) is 0. The van der Waals surface area contributed by atoms with Crippen molar-refractivity contribution in [2.75, 3.05) is 5.32 Å². The first kappa shape index (κ1) is 14.9. The second kappa shape index (κ2) is 6.17. The summed E-state index contributed by atoms with van der Waals surface area (Å²) >= 11 is 0. The molecule has 0 radical (unpaired) electrons. The summed E-state index contributed by atoms with van der Waals surface area (Å²) < 4.78 is 25.2. The van der Waals surface area contributed by atoms with Gasteiger partial charge in [-0.1, -0.05) is 39.8 Å². The Kier molecular flexibility index (Phi) is 5.12. The number of nitrogens with one attached hydrogen (secondary N) is 1. The van der Waals surface area contributed by atoms with E-state index in [9.17, 15) is 8.78 Å². The summed E-state index contributed by atoms with van der Waals surface area (Å²) in [6, 6.07) is 5.23. The first-order valence-electron chi connectivity index (χ1n) is 6.51. The molecular weight excluding hydrogens is 232 g/mol. The van der Waals surface area contributed by atoms with E-state index in [-0.39, 0.29) is 0 Å². The number of hydrogen-bond donors (Lipinski definition) is 1. The van der Waals surface area contributed by atoms with Gasteiger partial charge in [-0.05, 0) is 36.0 Å². The van der Waals surface area contributed by atoms with Crippen molar-refractivity contribution in [1.29, 1.82) is 0 Å². The molecule has 1 aromatic carbocycles. The molecule has 1 nitrogen and oxygen atoms in total. The van der Waals surface area contributed by atoms with Crippen LogP contribution >= 0.6 is 0 Å². The van der Waals surface area contributed by atoms with Gasteiger partial charge in [0.15, 0.2) is 0 Å². The highest BCUT2D eigenvalue weighted by atomic mass is 19.3. The lowest BCUT2D eigenvalue weighted by Gasteiger charge is -2.21. The Balaban J connectivity index is 3.04. The van der Waals surface area contributed by atoms with E-state index in [1.54, 1.807) is 0 Å². The maximum absolute atomic E-state index is 12.6. The molecule has 0 aliphatic carbocycles. The maximum atomic E-state index is 12.6. The fourth-order valence-corrected chi connectivity index (χ4v) is 1.86. The fraction of sp³-hybridized carbons (Fsp3) is 0.600. The molecule has 0 saturated carbocycles. The van der Waals surface area contributed by atoms with Crippen LogP contribution in [-0.2, 0) is 0 Å². The molecule has 0 aliphatic heterocycles. The van der Waals surface area contributed by atoms with Gasteiger partial charge in [-0.3, -0.25) is 0 Å². The predicted octanol–water partition coefficient (Wildman–Crippen LogP) is 5.00. The molecule has 0 aromatic heterocycles. The summed E-state index contributed by atoms with van der Waals surface area (Å²) in [5, 5.41) is 2.91. The maximum Gasteiger partial charge on any atom is 0.258 e. The standard InChI is InChI=1S/C15H23F2N/c1-9(2)12-6-7-14(13(8-12)10(3)4)18-11(5)15(16)17/h6-11,15,18H,1-5H3. The quantitative estimate of drug-likeness (QED) is 0.780. The topological polar surface area (TPSA) is 12.0 Å². The van der Waals surface area contributed by atoms with Crippen LogP contribution < -0.4 is 5.32 Å². The van der Waals surface area contributed by atoms with Crippen molar-refractivity contribution in [3.8, 4) is 0 Å². The van der Waals surface area contributed by atoms with Gasteiger partial charge in [0.1, 0.15) is 0 Å². The molecule has 0 fully saturated rings. The van der Waals surface area contributed by atoms with Crippen molar-refractivity contribution in [2.24, 2.45) is 0 Å². The van der Waals surface area contributed by atoms with Crippen LogP contribution in [0, 0.1) is 0 Å².